The third-order valence-electron chi connectivity index (χ3n) is 3.67. The number of carbonyl (C=O) groups is 2. The summed E-state index contributed by atoms with van der Waals surface area (Å²) in [5.41, 5.74) is 5.71. The molecule has 0 aliphatic rings. The smallest absolute Gasteiger partial charge is 0.219 e. The van der Waals surface area contributed by atoms with E-state index in [4.69, 9.17) is 5.73 Å². The molecule has 4 nitrogen and oxygen atoms in total. The fraction of sp³-hybridized carbons (Fsp3) is 0.905. The van der Waals surface area contributed by atoms with Crippen molar-refractivity contribution in [3.8, 4) is 0 Å². The van der Waals surface area contributed by atoms with Crippen LogP contribution in [0.1, 0.15) is 95.4 Å². The first-order valence-corrected chi connectivity index (χ1v) is 9.74. The molecule has 3 N–H and O–H groups in total. The summed E-state index contributed by atoms with van der Waals surface area (Å²) in [7, 11) is 0. The quantitative estimate of drug-likeness (QED) is 0.676. The van der Waals surface area contributed by atoms with Crippen LogP contribution in [0.5, 0.6) is 0 Å². The van der Waals surface area contributed by atoms with E-state index in [1.165, 1.54) is 0 Å². The van der Waals surface area contributed by atoms with Gasteiger partial charge in [-0.25, -0.2) is 0 Å². The summed E-state index contributed by atoms with van der Waals surface area (Å²) in [4.78, 5) is 22.0. The average molecular weight is 359 g/mol. The minimum absolute atomic E-state index is 0.117. The van der Waals surface area contributed by atoms with Crippen LogP contribution >= 0.6 is 0 Å². The van der Waals surface area contributed by atoms with E-state index < -0.39 is 0 Å². The molecular weight excluding hydrogens is 312 g/mol. The summed E-state index contributed by atoms with van der Waals surface area (Å²) < 4.78 is 0. The standard InChI is InChI=1S/C10H20O.C9H20N2O.C2H6/c1-8(11)10(5,6)7-9(2,3)4;1-4-9(12)11-6-7(2)5-8(3)10;1-2/h7H2,1-6H3;7-8H,4-6,10H2,1-3H3,(H,11,12);1-2H3. The normalized spacial score (nSPS) is 13.4. The van der Waals surface area contributed by atoms with Crippen LogP contribution in [0.2, 0.25) is 0 Å². The third-order valence-corrected chi connectivity index (χ3v) is 3.67. The molecule has 0 aromatic carbocycles. The lowest BCUT2D eigenvalue weighted by Gasteiger charge is -2.29. The molecule has 4 heteroatoms. The Labute approximate surface area is 157 Å². The fourth-order valence-corrected chi connectivity index (χ4v) is 2.58. The van der Waals surface area contributed by atoms with Crippen LogP contribution in [0, 0.1) is 16.7 Å². The number of nitrogens with two attached hydrogens (primary N) is 1. The Morgan fingerprint density at radius 2 is 1.48 bits per heavy atom. The van der Waals surface area contributed by atoms with E-state index in [2.05, 4.69) is 33.0 Å². The maximum absolute atomic E-state index is 11.1. The van der Waals surface area contributed by atoms with Crippen LogP contribution in [0.25, 0.3) is 0 Å². The maximum Gasteiger partial charge on any atom is 0.219 e. The average Bonchev–Trinajstić information content (AvgIpc) is 2.44. The molecular formula is C21H46N2O2. The summed E-state index contributed by atoms with van der Waals surface area (Å²) in [5.74, 6) is 0.874. The van der Waals surface area contributed by atoms with Crippen LogP contribution in [0.3, 0.4) is 0 Å². The Kier molecular flexibility index (Phi) is 16.5. The second kappa shape index (κ2) is 14.3. The van der Waals surface area contributed by atoms with Crippen molar-refractivity contribution in [1.82, 2.24) is 5.32 Å². The number of carbonyl (C=O) groups excluding carboxylic acids is 2. The Bertz CT molecular complexity index is 355. The highest BCUT2D eigenvalue weighted by Crippen LogP contribution is 2.33. The summed E-state index contributed by atoms with van der Waals surface area (Å²) in [5, 5.41) is 2.84. The van der Waals surface area contributed by atoms with Crippen molar-refractivity contribution in [3.63, 3.8) is 0 Å². The Morgan fingerprint density at radius 3 is 1.72 bits per heavy atom. The van der Waals surface area contributed by atoms with E-state index in [-0.39, 0.29) is 28.6 Å². The number of hydrogen-bond acceptors (Lipinski definition) is 3. The van der Waals surface area contributed by atoms with Crippen LogP contribution in [0.15, 0.2) is 0 Å². The van der Waals surface area contributed by atoms with Crippen LogP contribution in [-0.2, 0) is 9.59 Å². The number of amides is 1. The molecule has 0 bridgehead atoms. The predicted octanol–water partition coefficient (Wildman–Crippen LogP) is 4.95. The molecule has 0 aromatic heterocycles. The SMILES string of the molecule is CC.CC(=O)C(C)(C)CC(C)(C)C.CCC(=O)NCC(C)CC(C)N. The number of rotatable bonds is 7. The van der Waals surface area contributed by atoms with Gasteiger partial charge in [0, 0.05) is 24.4 Å². The Morgan fingerprint density at radius 1 is 1.04 bits per heavy atom. The Balaban J connectivity index is -0.000000353. The molecule has 0 saturated carbocycles. The van der Waals surface area contributed by atoms with Crippen LogP contribution < -0.4 is 11.1 Å². The first-order chi connectivity index (χ1) is 11.2. The van der Waals surface area contributed by atoms with Gasteiger partial charge < -0.3 is 11.1 Å². The first kappa shape index (κ1) is 28.9. The van der Waals surface area contributed by atoms with Crippen LogP contribution in [-0.4, -0.2) is 24.3 Å². The second-order valence-corrected chi connectivity index (χ2v) is 8.65. The van der Waals surface area contributed by atoms with Crippen molar-refractivity contribution in [2.75, 3.05) is 6.54 Å². The van der Waals surface area contributed by atoms with E-state index >= 15 is 0 Å². The fourth-order valence-electron chi connectivity index (χ4n) is 2.58. The number of hydrogen-bond donors (Lipinski definition) is 2. The topological polar surface area (TPSA) is 72.2 Å². The van der Waals surface area contributed by atoms with Gasteiger partial charge in [0.1, 0.15) is 5.78 Å². The molecule has 0 rings (SSSR count). The van der Waals surface area contributed by atoms with Gasteiger partial charge in [0.15, 0.2) is 0 Å². The van der Waals surface area contributed by atoms with Gasteiger partial charge in [0.2, 0.25) is 5.91 Å². The van der Waals surface area contributed by atoms with Gasteiger partial charge in [-0.15, -0.1) is 0 Å². The largest absolute Gasteiger partial charge is 0.356 e. The molecule has 0 fully saturated rings. The zero-order valence-electron chi connectivity index (χ0n) is 18.9. The number of ketones is 1. The van der Waals surface area contributed by atoms with Gasteiger partial charge in [-0.1, -0.05) is 62.3 Å². The van der Waals surface area contributed by atoms with Crippen molar-refractivity contribution in [2.45, 2.75) is 101 Å². The number of nitrogens with one attached hydrogen (secondary N) is 1. The van der Waals surface area contributed by atoms with E-state index in [1.807, 2.05) is 41.5 Å². The lowest BCUT2D eigenvalue weighted by atomic mass is 9.74. The highest BCUT2D eigenvalue weighted by Gasteiger charge is 2.29. The van der Waals surface area contributed by atoms with Crippen molar-refractivity contribution in [3.05, 3.63) is 0 Å². The summed E-state index contributed by atoms with van der Waals surface area (Å²) in [6.45, 7) is 22.9. The molecule has 0 aromatic rings. The lowest BCUT2D eigenvalue weighted by Crippen LogP contribution is -2.30. The molecule has 2 atom stereocenters. The summed E-state index contributed by atoms with van der Waals surface area (Å²) >= 11 is 0. The zero-order valence-corrected chi connectivity index (χ0v) is 18.9. The zero-order chi connectivity index (χ0) is 20.8. The molecule has 0 spiro atoms. The molecule has 0 aliphatic heterocycles. The highest BCUT2D eigenvalue weighted by atomic mass is 16.1. The van der Waals surface area contributed by atoms with Crippen molar-refractivity contribution < 1.29 is 9.59 Å². The van der Waals surface area contributed by atoms with Crippen molar-refractivity contribution >= 4 is 11.7 Å². The van der Waals surface area contributed by atoms with E-state index in [0.717, 1.165) is 19.4 Å². The number of Topliss-reactive ketones (excluding diaryl/α,β-unsaturated/α-hetero) is 1. The van der Waals surface area contributed by atoms with Crippen molar-refractivity contribution in [2.24, 2.45) is 22.5 Å². The third kappa shape index (κ3) is 21.1. The van der Waals surface area contributed by atoms with E-state index in [1.54, 1.807) is 6.92 Å². The van der Waals surface area contributed by atoms with E-state index in [9.17, 15) is 9.59 Å². The van der Waals surface area contributed by atoms with E-state index in [0.29, 0.717) is 12.3 Å². The summed E-state index contributed by atoms with van der Waals surface area (Å²) in [6.07, 6.45) is 2.48. The molecule has 1 amide bonds. The monoisotopic (exact) mass is 358 g/mol. The highest BCUT2D eigenvalue weighted by molar-refractivity contribution is 5.81. The van der Waals surface area contributed by atoms with Gasteiger partial charge in [-0.3, -0.25) is 9.59 Å². The van der Waals surface area contributed by atoms with Gasteiger partial charge in [0.25, 0.3) is 0 Å². The van der Waals surface area contributed by atoms with Crippen LogP contribution in [0.4, 0.5) is 0 Å². The molecule has 2 unspecified atom stereocenters. The van der Waals surface area contributed by atoms with Gasteiger partial charge >= 0.3 is 0 Å². The molecule has 0 heterocycles. The van der Waals surface area contributed by atoms with Gasteiger partial charge in [-0.05, 0) is 38.0 Å². The molecule has 0 radical (unpaired) electrons. The first-order valence-electron chi connectivity index (χ1n) is 9.74. The molecule has 152 valence electrons. The minimum Gasteiger partial charge on any atom is -0.356 e. The predicted molar refractivity (Wildman–Crippen MR) is 111 cm³/mol. The molecule has 0 saturated heterocycles. The maximum atomic E-state index is 11.1. The lowest BCUT2D eigenvalue weighted by molar-refractivity contribution is -0.126. The Hall–Kier alpha value is -0.900. The second-order valence-electron chi connectivity index (χ2n) is 8.65. The summed E-state index contributed by atoms with van der Waals surface area (Å²) in [6, 6.07) is 0.221. The van der Waals surface area contributed by atoms with Gasteiger partial charge in [-0.2, -0.15) is 0 Å². The minimum atomic E-state index is -0.155. The molecule has 0 aliphatic carbocycles. The van der Waals surface area contributed by atoms with Gasteiger partial charge in [0.05, 0.1) is 0 Å². The molecule has 25 heavy (non-hydrogen) atoms. The van der Waals surface area contributed by atoms with Crippen molar-refractivity contribution in [1.29, 1.82) is 0 Å².